The zero-order valence-corrected chi connectivity index (χ0v) is 12.5. The molecule has 1 aliphatic heterocycles. The molecule has 7 heteroatoms. The number of carboxylic acids is 1. The first-order valence-corrected chi connectivity index (χ1v) is 8.27. The summed E-state index contributed by atoms with van der Waals surface area (Å²) in [5.74, 6) is -1.05. The van der Waals surface area contributed by atoms with Crippen molar-refractivity contribution in [1.82, 2.24) is 8.61 Å². The van der Waals surface area contributed by atoms with Crippen molar-refractivity contribution in [1.29, 1.82) is 0 Å². The van der Waals surface area contributed by atoms with E-state index in [-0.39, 0.29) is 0 Å². The molecule has 1 atom stereocenters. The van der Waals surface area contributed by atoms with Crippen molar-refractivity contribution in [2.75, 3.05) is 20.1 Å². The van der Waals surface area contributed by atoms with Gasteiger partial charge in [-0.3, -0.25) is 4.79 Å². The third kappa shape index (κ3) is 4.15. The average Bonchev–Trinajstić information content (AvgIpc) is 2.61. The standard InChI is InChI=1S/C12H24N2O4S/c1-3-4-9-13(2)19(17,18)14-10-7-5-6-8-11(14)12(15)16/h11H,3-10H2,1-2H3,(H,15,16). The summed E-state index contributed by atoms with van der Waals surface area (Å²) < 4.78 is 27.3. The van der Waals surface area contributed by atoms with E-state index in [9.17, 15) is 18.3 Å². The van der Waals surface area contributed by atoms with Gasteiger partial charge in [0.1, 0.15) is 6.04 Å². The average molecular weight is 292 g/mol. The van der Waals surface area contributed by atoms with Crippen molar-refractivity contribution >= 4 is 16.2 Å². The molecular weight excluding hydrogens is 268 g/mol. The zero-order chi connectivity index (χ0) is 14.5. The van der Waals surface area contributed by atoms with E-state index in [1.807, 2.05) is 6.92 Å². The topological polar surface area (TPSA) is 77.9 Å². The minimum atomic E-state index is -3.67. The fourth-order valence-electron chi connectivity index (χ4n) is 2.28. The quantitative estimate of drug-likeness (QED) is 0.800. The highest BCUT2D eigenvalue weighted by molar-refractivity contribution is 7.86. The number of hydrogen-bond acceptors (Lipinski definition) is 3. The summed E-state index contributed by atoms with van der Waals surface area (Å²) in [5.41, 5.74) is 0. The molecule has 0 radical (unpaired) electrons. The van der Waals surface area contributed by atoms with E-state index in [1.165, 1.54) is 11.4 Å². The van der Waals surface area contributed by atoms with Crippen molar-refractivity contribution in [3.63, 3.8) is 0 Å². The van der Waals surface area contributed by atoms with Crippen LogP contribution in [-0.2, 0) is 15.0 Å². The fraction of sp³-hybridized carbons (Fsp3) is 0.917. The van der Waals surface area contributed by atoms with E-state index in [1.54, 1.807) is 0 Å². The van der Waals surface area contributed by atoms with Crippen LogP contribution in [0.1, 0.15) is 45.4 Å². The molecule has 0 aromatic heterocycles. The van der Waals surface area contributed by atoms with Gasteiger partial charge in [0, 0.05) is 20.1 Å². The number of rotatable bonds is 6. The van der Waals surface area contributed by atoms with E-state index >= 15 is 0 Å². The predicted molar refractivity (Wildman–Crippen MR) is 73.1 cm³/mol. The zero-order valence-electron chi connectivity index (χ0n) is 11.7. The highest BCUT2D eigenvalue weighted by atomic mass is 32.2. The summed E-state index contributed by atoms with van der Waals surface area (Å²) in [6.07, 6.45) is 4.46. The SMILES string of the molecule is CCCCN(C)S(=O)(=O)N1CCCCCC1C(=O)O. The molecule has 1 saturated heterocycles. The molecule has 0 saturated carbocycles. The number of carboxylic acid groups (broad SMARTS) is 1. The second kappa shape index (κ2) is 7.21. The Morgan fingerprint density at radius 3 is 2.63 bits per heavy atom. The number of hydrogen-bond donors (Lipinski definition) is 1. The second-order valence-electron chi connectivity index (χ2n) is 5.00. The molecule has 1 fully saturated rings. The van der Waals surface area contributed by atoms with Crippen LogP contribution in [-0.4, -0.2) is 54.3 Å². The lowest BCUT2D eigenvalue weighted by atomic mass is 10.1. The molecule has 1 N–H and O–H groups in total. The van der Waals surface area contributed by atoms with Gasteiger partial charge in [-0.2, -0.15) is 17.0 Å². The first-order chi connectivity index (χ1) is 8.91. The lowest BCUT2D eigenvalue weighted by Gasteiger charge is -2.30. The molecule has 0 aromatic rings. The molecule has 0 spiro atoms. The van der Waals surface area contributed by atoms with Crippen molar-refractivity contribution in [3.05, 3.63) is 0 Å². The van der Waals surface area contributed by atoms with Crippen LogP contribution in [0.4, 0.5) is 0 Å². The molecule has 1 rings (SSSR count). The van der Waals surface area contributed by atoms with Gasteiger partial charge in [-0.15, -0.1) is 0 Å². The molecular formula is C12H24N2O4S. The van der Waals surface area contributed by atoms with E-state index < -0.39 is 22.2 Å². The van der Waals surface area contributed by atoms with Crippen LogP contribution in [0.25, 0.3) is 0 Å². The molecule has 1 aliphatic rings. The van der Waals surface area contributed by atoms with Gasteiger partial charge < -0.3 is 5.11 Å². The lowest BCUT2D eigenvalue weighted by molar-refractivity contribution is -0.141. The number of carbonyl (C=O) groups is 1. The van der Waals surface area contributed by atoms with Gasteiger partial charge >= 0.3 is 5.97 Å². The van der Waals surface area contributed by atoms with Crippen LogP contribution in [0.2, 0.25) is 0 Å². The minimum absolute atomic E-state index is 0.301. The van der Waals surface area contributed by atoms with Gasteiger partial charge in [-0.25, -0.2) is 0 Å². The third-order valence-electron chi connectivity index (χ3n) is 3.51. The maximum atomic E-state index is 12.4. The molecule has 0 aromatic carbocycles. The first kappa shape index (κ1) is 16.4. The maximum Gasteiger partial charge on any atom is 0.322 e. The normalized spacial score (nSPS) is 22.4. The van der Waals surface area contributed by atoms with E-state index in [0.717, 1.165) is 36.4 Å². The largest absolute Gasteiger partial charge is 0.480 e. The van der Waals surface area contributed by atoms with Crippen LogP contribution in [0, 0.1) is 0 Å². The molecule has 0 aliphatic carbocycles. The Morgan fingerprint density at radius 2 is 2.05 bits per heavy atom. The van der Waals surface area contributed by atoms with Crippen LogP contribution in [0.3, 0.4) is 0 Å². The first-order valence-electron chi connectivity index (χ1n) is 6.87. The fourth-order valence-corrected chi connectivity index (χ4v) is 3.87. The van der Waals surface area contributed by atoms with Crippen molar-refractivity contribution in [3.8, 4) is 0 Å². The van der Waals surface area contributed by atoms with Gasteiger partial charge in [-0.1, -0.05) is 26.2 Å². The van der Waals surface area contributed by atoms with Gasteiger partial charge in [0.25, 0.3) is 10.2 Å². The highest BCUT2D eigenvalue weighted by Crippen LogP contribution is 2.22. The number of unbranched alkanes of at least 4 members (excludes halogenated alkanes) is 1. The second-order valence-corrected chi connectivity index (χ2v) is 6.98. The van der Waals surface area contributed by atoms with Gasteiger partial charge in [0.05, 0.1) is 0 Å². The maximum absolute atomic E-state index is 12.4. The smallest absolute Gasteiger partial charge is 0.322 e. The summed E-state index contributed by atoms with van der Waals surface area (Å²) >= 11 is 0. The molecule has 1 unspecified atom stereocenters. The van der Waals surface area contributed by atoms with E-state index in [4.69, 9.17) is 0 Å². The monoisotopic (exact) mass is 292 g/mol. The van der Waals surface area contributed by atoms with Gasteiger partial charge in [-0.05, 0) is 19.3 Å². The van der Waals surface area contributed by atoms with Crippen LogP contribution in [0.15, 0.2) is 0 Å². The van der Waals surface area contributed by atoms with Gasteiger partial charge in [0.2, 0.25) is 0 Å². The summed E-state index contributed by atoms with van der Waals surface area (Å²) in [4.78, 5) is 11.3. The Kier molecular flexibility index (Phi) is 6.22. The highest BCUT2D eigenvalue weighted by Gasteiger charge is 2.37. The Balaban J connectivity index is 2.90. The molecule has 0 amide bonds. The lowest BCUT2D eigenvalue weighted by Crippen LogP contribution is -2.50. The van der Waals surface area contributed by atoms with Crippen molar-refractivity contribution < 1.29 is 18.3 Å². The van der Waals surface area contributed by atoms with Crippen LogP contribution in [0.5, 0.6) is 0 Å². The predicted octanol–water partition coefficient (Wildman–Crippen LogP) is 1.29. The van der Waals surface area contributed by atoms with E-state index in [0.29, 0.717) is 19.5 Å². The molecule has 1 heterocycles. The minimum Gasteiger partial charge on any atom is -0.480 e. The number of nitrogens with zero attached hydrogens (tertiary/aromatic N) is 2. The Hall–Kier alpha value is -0.660. The van der Waals surface area contributed by atoms with Crippen molar-refractivity contribution in [2.45, 2.75) is 51.5 Å². The van der Waals surface area contributed by atoms with Gasteiger partial charge in [0.15, 0.2) is 0 Å². The summed E-state index contributed by atoms with van der Waals surface area (Å²) in [5, 5.41) is 9.23. The van der Waals surface area contributed by atoms with E-state index in [2.05, 4.69) is 0 Å². The van der Waals surface area contributed by atoms with Crippen LogP contribution >= 0.6 is 0 Å². The third-order valence-corrected chi connectivity index (χ3v) is 5.51. The van der Waals surface area contributed by atoms with Crippen molar-refractivity contribution in [2.24, 2.45) is 0 Å². The Labute approximate surface area is 115 Å². The summed E-state index contributed by atoms with van der Waals surface area (Å²) in [6.45, 7) is 2.73. The van der Waals surface area contributed by atoms with Crippen LogP contribution < -0.4 is 0 Å². The Bertz CT molecular complexity index is 397. The molecule has 19 heavy (non-hydrogen) atoms. The molecule has 112 valence electrons. The Morgan fingerprint density at radius 1 is 1.37 bits per heavy atom. The molecule has 6 nitrogen and oxygen atoms in total. The number of aliphatic carboxylic acids is 1. The molecule has 0 bridgehead atoms. The summed E-state index contributed by atoms with van der Waals surface area (Å²) in [6, 6.07) is -0.920. The summed E-state index contributed by atoms with van der Waals surface area (Å²) in [7, 11) is -2.14.